The summed E-state index contributed by atoms with van der Waals surface area (Å²) in [6, 6.07) is 8.82. The molecule has 0 radical (unpaired) electrons. The summed E-state index contributed by atoms with van der Waals surface area (Å²) in [7, 11) is 0. The number of nitrogens with one attached hydrogen (secondary N) is 1. The van der Waals surface area contributed by atoms with Crippen molar-refractivity contribution in [2.24, 2.45) is 0 Å². The summed E-state index contributed by atoms with van der Waals surface area (Å²) in [4.78, 5) is 11.8. The lowest BCUT2D eigenvalue weighted by Crippen LogP contribution is -2.13. The summed E-state index contributed by atoms with van der Waals surface area (Å²) in [5.74, 6) is -1.58. The largest absolute Gasteiger partial charge is 0.397 e. The van der Waals surface area contributed by atoms with Crippen LogP contribution in [0.3, 0.4) is 0 Å². The van der Waals surface area contributed by atoms with Crippen molar-refractivity contribution in [3.63, 3.8) is 0 Å². The summed E-state index contributed by atoms with van der Waals surface area (Å²) in [6.07, 6.45) is 0. The average Bonchev–Trinajstić information content (AvgIpc) is 2.34. The van der Waals surface area contributed by atoms with Crippen molar-refractivity contribution in [1.82, 2.24) is 0 Å². The molecule has 2 rings (SSSR count). The van der Waals surface area contributed by atoms with Gasteiger partial charge < -0.3 is 11.1 Å². The van der Waals surface area contributed by atoms with Gasteiger partial charge in [-0.2, -0.15) is 0 Å². The summed E-state index contributed by atoms with van der Waals surface area (Å²) >= 11 is 0. The predicted molar refractivity (Wildman–Crippen MR) is 65.2 cm³/mol. The Hall–Kier alpha value is -2.43. The number of hydrogen-bond donors (Lipinski definition) is 2. The quantitative estimate of drug-likeness (QED) is 0.803. The zero-order chi connectivity index (χ0) is 13.1. The fourth-order valence-electron chi connectivity index (χ4n) is 1.46. The van der Waals surface area contributed by atoms with E-state index in [1.165, 1.54) is 30.3 Å². The maximum Gasteiger partial charge on any atom is 0.255 e. The third-order valence-electron chi connectivity index (χ3n) is 2.35. The Morgan fingerprint density at radius 3 is 2.50 bits per heavy atom. The van der Waals surface area contributed by atoms with Crippen LogP contribution in [0.4, 0.5) is 20.2 Å². The van der Waals surface area contributed by atoms with Crippen molar-refractivity contribution < 1.29 is 13.6 Å². The molecule has 18 heavy (non-hydrogen) atoms. The summed E-state index contributed by atoms with van der Waals surface area (Å²) in [5, 5.41) is 2.42. The molecule has 0 fully saturated rings. The number of nitrogens with two attached hydrogens (primary N) is 1. The van der Waals surface area contributed by atoms with Gasteiger partial charge in [0.15, 0.2) is 0 Å². The van der Waals surface area contributed by atoms with Crippen molar-refractivity contribution in [1.29, 1.82) is 0 Å². The second-order valence-corrected chi connectivity index (χ2v) is 3.70. The number of benzene rings is 2. The molecule has 5 heteroatoms. The highest BCUT2D eigenvalue weighted by molar-refractivity contribution is 6.05. The van der Waals surface area contributed by atoms with Crippen LogP contribution in [-0.4, -0.2) is 5.91 Å². The first-order valence-corrected chi connectivity index (χ1v) is 5.18. The molecule has 0 aliphatic carbocycles. The summed E-state index contributed by atoms with van der Waals surface area (Å²) < 4.78 is 25.9. The lowest BCUT2D eigenvalue weighted by atomic mass is 10.2. The van der Waals surface area contributed by atoms with Gasteiger partial charge in [-0.3, -0.25) is 4.79 Å². The first kappa shape index (κ1) is 12.0. The lowest BCUT2D eigenvalue weighted by Gasteiger charge is -2.08. The predicted octanol–water partition coefficient (Wildman–Crippen LogP) is 2.80. The number of carbonyl (C=O) groups is 1. The molecule has 1 amide bonds. The molecule has 92 valence electrons. The van der Waals surface area contributed by atoms with Crippen molar-refractivity contribution in [3.8, 4) is 0 Å². The van der Waals surface area contributed by atoms with E-state index in [0.29, 0.717) is 0 Å². The van der Waals surface area contributed by atoms with Gasteiger partial charge in [0, 0.05) is 5.56 Å². The SMILES string of the molecule is Nc1ccc(F)cc1NC(=O)c1cccc(F)c1. The number of nitrogen functional groups attached to an aromatic ring is 1. The van der Waals surface area contributed by atoms with Gasteiger partial charge in [0.05, 0.1) is 11.4 Å². The molecular weight excluding hydrogens is 238 g/mol. The highest BCUT2D eigenvalue weighted by Gasteiger charge is 2.09. The molecule has 3 nitrogen and oxygen atoms in total. The van der Waals surface area contributed by atoms with E-state index < -0.39 is 17.5 Å². The van der Waals surface area contributed by atoms with Crippen LogP contribution in [0.5, 0.6) is 0 Å². The Bertz CT molecular complexity index is 599. The van der Waals surface area contributed by atoms with E-state index in [2.05, 4.69) is 5.32 Å². The van der Waals surface area contributed by atoms with E-state index in [1.54, 1.807) is 0 Å². The Morgan fingerprint density at radius 2 is 1.78 bits per heavy atom. The fourth-order valence-corrected chi connectivity index (χ4v) is 1.46. The van der Waals surface area contributed by atoms with Gasteiger partial charge in [0.25, 0.3) is 5.91 Å². The van der Waals surface area contributed by atoms with Crippen molar-refractivity contribution in [2.75, 3.05) is 11.1 Å². The molecule has 0 atom stereocenters. The molecule has 3 N–H and O–H groups in total. The topological polar surface area (TPSA) is 55.1 Å². The number of anilines is 2. The maximum atomic E-state index is 13.0. The van der Waals surface area contributed by atoms with E-state index in [0.717, 1.165) is 12.1 Å². The molecule has 0 saturated heterocycles. The molecule has 0 heterocycles. The number of carbonyl (C=O) groups excluding carboxylic acids is 1. The number of amides is 1. The Labute approximate surface area is 102 Å². The minimum Gasteiger partial charge on any atom is -0.397 e. The van der Waals surface area contributed by atoms with Crippen molar-refractivity contribution in [3.05, 3.63) is 59.7 Å². The smallest absolute Gasteiger partial charge is 0.255 e. The van der Waals surface area contributed by atoms with Crippen LogP contribution in [0.25, 0.3) is 0 Å². The van der Waals surface area contributed by atoms with Crippen LogP contribution in [0, 0.1) is 11.6 Å². The lowest BCUT2D eigenvalue weighted by molar-refractivity contribution is 0.102. The minimum absolute atomic E-state index is 0.138. The van der Waals surface area contributed by atoms with Gasteiger partial charge in [-0.05, 0) is 36.4 Å². The third kappa shape index (κ3) is 2.63. The van der Waals surface area contributed by atoms with Crippen LogP contribution < -0.4 is 11.1 Å². The second kappa shape index (κ2) is 4.83. The molecule has 2 aromatic rings. The Morgan fingerprint density at radius 1 is 1.06 bits per heavy atom. The van der Waals surface area contributed by atoms with Gasteiger partial charge in [0.2, 0.25) is 0 Å². The summed E-state index contributed by atoms with van der Waals surface area (Å²) in [6.45, 7) is 0. The van der Waals surface area contributed by atoms with Crippen molar-refractivity contribution in [2.45, 2.75) is 0 Å². The van der Waals surface area contributed by atoms with Gasteiger partial charge in [-0.25, -0.2) is 8.78 Å². The molecular formula is C13H10F2N2O. The van der Waals surface area contributed by atoms with Crippen LogP contribution in [0.1, 0.15) is 10.4 Å². The van der Waals surface area contributed by atoms with Crippen molar-refractivity contribution >= 4 is 17.3 Å². The number of halogens is 2. The maximum absolute atomic E-state index is 13.0. The van der Waals surface area contributed by atoms with Crippen LogP contribution >= 0.6 is 0 Å². The van der Waals surface area contributed by atoms with E-state index >= 15 is 0 Å². The third-order valence-corrected chi connectivity index (χ3v) is 2.35. The average molecular weight is 248 g/mol. The molecule has 0 aliphatic rings. The second-order valence-electron chi connectivity index (χ2n) is 3.70. The Balaban J connectivity index is 2.24. The van der Waals surface area contributed by atoms with Crippen LogP contribution in [-0.2, 0) is 0 Å². The summed E-state index contributed by atoms with van der Waals surface area (Å²) in [5.41, 5.74) is 6.12. The minimum atomic E-state index is -0.549. The van der Waals surface area contributed by atoms with Gasteiger partial charge >= 0.3 is 0 Å². The first-order chi connectivity index (χ1) is 8.56. The number of hydrogen-bond acceptors (Lipinski definition) is 2. The van der Waals surface area contributed by atoms with Gasteiger partial charge in [0.1, 0.15) is 11.6 Å². The monoisotopic (exact) mass is 248 g/mol. The highest BCUT2D eigenvalue weighted by Crippen LogP contribution is 2.20. The number of rotatable bonds is 2. The molecule has 0 unspecified atom stereocenters. The normalized spacial score (nSPS) is 10.1. The fraction of sp³-hybridized carbons (Fsp3) is 0. The van der Waals surface area contributed by atoms with E-state index in [4.69, 9.17) is 5.73 Å². The van der Waals surface area contributed by atoms with Gasteiger partial charge in [-0.1, -0.05) is 6.07 Å². The molecule has 0 spiro atoms. The van der Waals surface area contributed by atoms with Crippen LogP contribution in [0.15, 0.2) is 42.5 Å². The molecule has 0 saturated carbocycles. The Kier molecular flexibility index (Phi) is 3.23. The van der Waals surface area contributed by atoms with E-state index in [1.807, 2.05) is 0 Å². The zero-order valence-corrected chi connectivity index (χ0v) is 9.28. The zero-order valence-electron chi connectivity index (χ0n) is 9.28. The van der Waals surface area contributed by atoms with Gasteiger partial charge in [-0.15, -0.1) is 0 Å². The van der Waals surface area contributed by atoms with E-state index in [-0.39, 0.29) is 16.9 Å². The molecule has 0 bridgehead atoms. The molecule has 2 aromatic carbocycles. The first-order valence-electron chi connectivity index (χ1n) is 5.18. The van der Waals surface area contributed by atoms with E-state index in [9.17, 15) is 13.6 Å². The van der Waals surface area contributed by atoms with Crippen LogP contribution in [0.2, 0.25) is 0 Å². The molecule has 0 aromatic heterocycles. The molecule has 0 aliphatic heterocycles. The highest BCUT2D eigenvalue weighted by atomic mass is 19.1. The standard InChI is InChI=1S/C13H10F2N2O/c14-9-3-1-2-8(6-9)13(18)17-12-7-10(15)4-5-11(12)16/h1-7H,16H2,(H,17,18).